The van der Waals surface area contributed by atoms with E-state index in [1.807, 2.05) is 6.07 Å². The highest BCUT2D eigenvalue weighted by molar-refractivity contribution is 7.92. The van der Waals surface area contributed by atoms with Crippen molar-refractivity contribution >= 4 is 15.7 Å². The van der Waals surface area contributed by atoms with E-state index in [1.54, 1.807) is 29.3 Å². The first-order valence-electron chi connectivity index (χ1n) is 8.82. The number of hydrogen-bond acceptors (Lipinski definition) is 7. The maximum absolute atomic E-state index is 12.0. The average Bonchev–Trinajstić information content (AvgIpc) is 3.12. The van der Waals surface area contributed by atoms with Crippen molar-refractivity contribution in [3.05, 3.63) is 30.7 Å². The third-order valence-electron chi connectivity index (χ3n) is 4.49. The van der Waals surface area contributed by atoms with Gasteiger partial charge in [0, 0.05) is 42.4 Å². The van der Waals surface area contributed by atoms with Crippen molar-refractivity contribution < 1.29 is 23.2 Å². The number of nitrogens with one attached hydrogen (secondary N) is 1. The number of hydrogen-bond donors (Lipinski definition) is 2. The van der Waals surface area contributed by atoms with Crippen LogP contribution in [0.5, 0.6) is 5.88 Å². The van der Waals surface area contributed by atoms with E-state index in [2.05, 4.69) is 23.9 Å². The summed E-state index contributed by atoms with van der Waals surface area (Å²) in [5, 5.41) is 13.1. The minimum atomic E-state index is -3.74. The Bertz CT molecular complexity index is 908. The van der Waals surface area contributed by atoms with Gasteiger partial charge in [0.25, 0.3) is 5.91 Å². The van der Waals surface area contributed by atoms with Gasteiger partial charge in [0.05, 0.1) is 12.8 Å². The van der Waals surface area contributed by atoms with Crippen molar-refractivity contribution in [3.63, 3.8) is 0 Å². The molecule has 0 radical (unpaired) electrons. The minimum absolute atomic E-state index is 0.0421. The SMILES string of the molecule is CC(C)COc1ccc(-c2cnn(CCC(C)(C(=O)NO)S(C)(=O)=O)c2)cn1. The number of nitrogens with zero attached hydrogens (tertiary/aromatic N) is 3. The van der Waals surface area contributed by atoms with E-state index in [9.17, 15) is 13.2 Å². The van der Waals surface area contributed by atoms with E-state index in [4.69, 9.17) is 9.94 Å². The Labute approximate surface area is 164 Å². The number of sulfone groups is 1. The van der Waals surface area contributed by atoms with Gasteiger partial charge >= 0.3 is 0 Å². The first kappa shape index (κ1) is 21.8. The largest absolute Gasteiger partial charge is 0.477 e. The van der Waals surface area contributed by atoms with Crippen LogP contribution in [0.3, 0.4) is 0 Å². The zero-order valence-electron chi connectivity index (χ0n) is 16.4. The lowest BCUT2D eigenvalue weighted by molar-refractivity contribution is -0.131. The summed E-state index contributed by atoms with van der Waals surface area (Å²) in [4.78, 5) is 16.1. The Morgan fingerprint density at radius 2 is 2.04 bits per heavy atom. The fraction of sp³-hybridized carbons (Fsp3) is 0.500. The molecule has 10 heteroatoms. The lowest BCUT2D eigenvalue weighted by Gasteiger charge is -2.24. The van der Waals surface area contributed by atoms with Gasteiger partial charge in [-0.1, -0.05) is 13.8 Å². The predicted octanol–water partition coefficient (Wildman–Crippen LogP) is 1.68. The molecular weight excluding hydrogens is 384 g/mol. The van der Waals surface area contributed by atoms with E-state index < -0.39 is 20.5 Å². The Morgan fingerprint density at radius 1 is 1.32 bits per heavy atom. The Kier molecular flexibility index (Phi) is 6.78. The second-order valence-corrected chi connectivity index (χ2v) is 9.72. The van der Waals surface area contributed by atoms with Gasteiger partial charge in [-0.25, -0.2) is 18.9 Å². The molecule has 0 bridgehead atoms. The first-order chi connectivity index (χ1) is 13.1. The zero-order chi connectivity index (χ0) is 20.9. The lowest BCUT2D eigenvalue weighted by Crippen LogP contribution is -2.49. The van der Waals surface area contributed by atoms with Crippen LogP contribution in [0.15, 0.2) is 30.7 Å². The summed E-state index contributed by atoms with van der Waals surface area (Å²) >= 11 is 0. The fourth-order valence-electron chi connectivity index (χ4n) is 2.44. The van der Waals surface area contributed by atoms with Gasteiger partial charge in [-0.05, 0) is 25.3 Å². The predicted molar refractivity (Wildman–Crippen MR) is 104 cm³/mol. The van der Waals surface area contributed by atoms with Gasteiger partial charge in [0.2, 0.25) is 5.88 Å². The molecule has 0 aliphatic heterocycles. The number of amides is 1. The summed E-state index contributed by atoms with van der Waals surface area (Å²) in [5.41, 5.74) is 3.07. The van der Waals surface area contributed by atoms with Crippen LogP contribution in [-0.4, -0.2) is 51.9 Å². The minimum Gasteiger partial charge on any atom is -0.477 e. The topological polar surface area (TPSA) is 123 Å². The second-order valence-electron chi connectivity index (χ2n) is 7.28. The van der Waals surface area contributed by atoms with E-state index in [1.165, 1.54) is 12.4 Å². The van der Waals surface area contributed by atoms with E-state index >= 15 is 0 Å². The first-order valence-corrected chi connectivity index (χ1v) is 10.7. The van der Waals surface area contributed by atoms with Crippen molar-refractivity contribution in [2.24, 2.45) is 5.92 Å². The number of rotatable bonds is 9. The van der Waals surface area contributed by atoms with Crippen LogP contribution in [-0.2, 0) is 21.2 Å². The highest BCUT2D eigenvalue weighted by Crippen LogP contribution is 2.24. The maximum atomic E-state index is 12.0. The summed E-state index contributed by atoms with van der Waals surface area (Å²) in [6.45, 7) is 6.16. The zero-order valence-corrected chi connectivity index (χ0v) is 17.2. The van der Waals surface area contributed by atoms with Crippen molar-refractivity contribution in [3.8, 4) is 17.0 Å². The number of pyridine rings is 1. The fourth-order valence-corrected chi connectivity index (χ4v) is 3.28. The smallest absolute Gasteiger partial charge is 0.264 e. The van der Waals surface area contributed by atoms with Crippen LogP contribution in [0, 0.1) is 5.92 Å². The third-order valence-corrected chi connectivity index (χ3v) is 6.51. The van der Waals surface area contributed by atoms with Crippen molar-refractivity contribution in [1.29, 1.82) is 0 Å². The van der Waals surface area contributed by atoms with Crippen molar-refractivity contribution in [2.75, 3.05) is 12.9 Å². The molecule has 0 saturated carbocycles. The number of carbonyl (C=O) groups excluding carboxylic acids is 1. The van der Waals surface area contributed by atoms with Crippen molar-refractivity contribution in [1.82, 2.24) is 20.2 Å². The molecule has 2 aromatic heterocycles. The molecule has 1 amide bonds. The van der Waals surface area contributed by atoms with Gasteiger partial charge in [-0.3, -0.25) is 14.7 Å². The molecule has 0 fully saturated rings. The molecule has 9 nitrogen and oxygen atoms in total. The van der Waals surface area contributed by atoms with Crippen LogP contribution in [0.1, 0.15) is 27.2 Å². The Hall–Kier alpha value is -2.46. The van der Waals surface area contributed by atoms with Crippen LogP contribution in [0.2, 0.25) is 0 Å². The third kappa shape index (κ3) is 5.08. The molecule has 0 saturated heterocycles. The molecule has 2 rings (SSSR count). The van der Waals surface area contributed by atoms with Gasteiger partial charge in [-0.15, -0.1) is 0 Å². The summed E-state index contributed by atoms with van der Waals surface area (Å²) in [5.74, 6) is -0.0161. The molecule has 1 atom stereocenters. The molecule has 2 heterocycles. The highest BCUT2D eigenvalue weighted by atomic mass is 32.2. The number of carbonyl (C=O) groups is 1. The van der Waals surface area contributed by atoms with E-state index in [0.29, 0.717) is 18.4 Å². The molecule has 28 heavy (non-hydrogen) atoms. The average molecular weight is 410 g/mol. The van der Waals surface area contributed by atoms with Crippen LogP contribution in [0.4, 0.5) is 0 Å². The molecule has 1 unspecified atom stereocenters. The summed E-state index contributed by atoms with van der Waals surface area (Å²) in [6.07, 6.45) is 5.97. The normalized spacial score (nSPS) is 13.9. The van der Waals surface area contributed by atoms with Gasteiger partial charge in [-0.2, -0.15) is 5.10 Å². The van der Waals surface area contributed by atoms with E-state index in [-0.39, 0.29) is 13.0 Å². The maximum Gasteiger partial charge on any atom is 0.264 e. The summed E-state index contributed by atoms with van der Waals surface area (Å²) in [6, 6.07) is 3.64. The quantitative estimate of drug-likeness (QED) is 0.476. The molecule has 2 aromatic rings. The molecular formula is C18H26N4O5S. The number of ether oxygens (including phenoxy) is 1. The number of aromatic nitrogens is 3. The van der Waals surface area contributed by atoms with Gasteiger partial charge in [0.1, 0.15) is 0 Å². The van der Waals surface area contributed by atoms with Crippen LogP contribution in [0.25, 0.3) is 11.1 Å². The Morgan fingerprint density at radius 3 is 2.57 bits per heavy atom. The molecule has 0 aromatic carbocycles. The van der Waals surface area contributed by atoms with Crippen LogP contribution < -0.4 is 10.2 Å². The molecule has 0 aliphatic carbocycles. The summed E-state index contributed by atoms with van der Waals surface area (Å²) in [7, 11) is -3.74. The number of aryl methyl sites for hydroxylation is 1. The van der Waals surface area contributed by atoms with Crippen LogP contribution >= 0.6 is 0 Å². The van der Waals surface area contributed by atoms with Crippen molar-refractivity contribution in [2.45, 2.75) is 38.5 Å². The monoisotopic (exact) mass is 410 g/mol. The molecule has 154 valence electrons. The standard InChI is InChI=1S/C18H26N4O5S/c1-13(2)12-27-16-6-5-14(9-19-16)15-10-20-22(11-15)8-7-18(3,17(23)21-24)28(4,25)26/h5-6,9-11,13,24H,7-8,12H2,1-4H3,(H,21,23). The summed E-state index contributed by atoms with van der Waals surface area (Å²) < 4.78 is 29.4. The molecule has 2 N–H and O–H groups in total. The Balaban J connectivity index is 2.08. The lowest BCUT2D eigenvalue weighted by atomic mass is 10.1. The van der Waals surface area contributed by atoms with Gasteiger partial charge < -0.3 is 4.74 Å². The molecule has 0 aliphatic rings. The second kappa shape index (κ2) is 8.70. The molecule has 0 spiro atoms. The highest BCUT2D eigenvalue weighted by Gasteiger charge is 2.43. The van der Waals surface area contributed by atoms with E-state index in [0.717, 1.165) is 17.4 Å². The number of hydroxylamine groups is 1. The van der Waals surface area contributed by atoms with Gasteiger partial charge in [0.15, 0.2) is 14.6 Å².